The molecule has 2 rings (SSSR count). The zero-order chi connectivity index (χ0) is 10.7. The molecule has 1 heterocycles. The van der Waals surface area contributed by atoms with Crippen molar-refractivity contribution in [3.05, 3.63) is 42.1 Å². The van der Waals surface area contributed by atoms with E-state index in [1.807, 2.05) is 18.2 Å². The molecule has 76 valence electrons. The van der Waals surface area contributed by atoms with Crippen LogP contribution in [0.25, 0.3) is 0 Å². The van der Waals surface area contributed by atoms with Gasteiger partial charge >= 0.3 is 0 Å². The first-order valence-corrected chi connectivity index (χ1v) is 5.39. The van der Waals surface area contributed by atoms with Crippen molar-refractivity contribution in [3.8, 4) is 0 Å². The van der Waals surface area contributed by atoms with Gasteiger partial charge in [0, 0.05) is 11.1 Å². The second kappa shape index (κ2) is 4.31. The number of benzene rings is 1. The minimum atomic E-state index is 0.314. The highest BCUT2D eigenvalue weighted by Gasteiger charge is 2.01. The van der Waals surface area contributed by atoms with Gasteiger partial charge in [-0.25, -0.2) is 9.97 Å². The fourth-order valence-electron chi connectivity index (χ4n) is 1.20. The summed E-state index contributed by atoms with van der Waals surface area (Å²) >= 11 is 1.60. The molecule has 0 saturated carbocycles. The summed E-state index contributed by atoms with van der Waals surface area (Å²) in [5.74, 6) is 0.314. The molecule has 1 aromatic carbocycles. The normalized spacial score (nSPS) is 10.2. The molecule has 3 nitrogen and oxygen atoms in total. The molecule has 4 heteroatoms. The van der Waals surface area contributed by atoms with E-state index in [4.69, 9.17) is 5.73 Å². The number of nitrogens with two attached hydrogens (primary N) is 1. The van der Waals surface area contributed by atoms with Crippen molar-refractivity contribution in [2.24, 2.45) is 0 Å². The Morgan fingerprint density at radius 2 is 2.00 bits per heavy atom. The Kier molecular flexibility index (Phi) is 2.87. The van der Waals surface area contributed by atoms with E-state index in [0.29, 0.717) is 5.95 Å². The van der Waals surface area contributed by atoms with Crippen molar-refractivity contribution >= 4 is 17.7 Å². The quantitative estimate of drug-likeness (QED) is 0.785. The second-order valence-electron chi connectivity index (χ2n) is 3.12. The lowest BCUT2D eigenvalue weighted by Gasteiger charge is -2.03. The molecule has 0 spiro atoms. The highest BCUT2D eigenvalue weighted by atomic mass is 32.2. The molecule has 2 N–H and O–H groups in total. The number of aryl methyl sites for hydroxylation is 1. The molecule has 0 amide bonds. The van der Waals surface area contributed by atoms with Gasteiger partial charge in [-0.05, 0) is 24.6 Å². The van der Waals surface area contributed by atoms with E-state index in [9.17, 15) is 0 Å². The van der Waals surface area contributed by atoms with Gasteiger partial charge in [0.15, 0.2) is 0 Å². The van der Waals surface area contributed by atoms with Crippen LogP contribution in [0.3, 0.4) is 0 Å². The van der Waals surface area contributed by atoms with E-state index in [-0.39, 0.29) is 0 Å². The van der Waals surface area contributed by atoms with Crippen LogP contribution in [0.2, 0.25) is 0 Å². The predicted octanol–water partition coefficient (Wildman–Crippen LogP) is 2.52. The Balaban J connectivity index is 2.26. The van der Waals surface area contributed by atoms with Crippen LogP contribution in [0, 0.1) is 6.92 Å². The molecule has 0 aliphatic carbocycles. The summed E-state index contributed by atoms with van der Waals surface area (Å²) in [4.78, 5) is 9.19. The van der Waals surface area contributed by atoms with E-state index < -0.39 is 0 Å². The van der Waals surface area contributed by atoms with E-state index in [2.05, 4.69) is 29.0 Å². The molecule has 1 aromatic heterocycles. The van der Waals surface area contributed by atoms with Gasteiger partial charge in [0.05, 0.1) is 0 Å². The molecule has 0 aliphatic rings. The lowest BCUT2D eigenvalue weighted by Crippen LogP contribution is -1.94. The van der Waals surface area contributed by atoms with Crippen molar-refractivity contribution < 1.29 is 0 Å². The van der Waals surface area contributed by atoms with Crippen LogP contribution in [-0.2, 0) is 0 Å². The van der Waals surface area contributed by atoms with Crippen LogP contribution in [-0.4, -0.2) is 9.97 Å². The third-order valence-corrected chi connectivity index (χ3v) is 3.07. The smallest absolute Gasteiger partial charge is 0.221 e. The van der Waals surface area contributed by atoms with Gasteiger partial charge in [-0.1, -0.05) is 30.0 Å². The fraction of sp³-hybridized carbons (Fsp3) is 0.0909. The van der Waals surface area contributed by atoms with Gasteiger partial charge in [-0.15, -0.1) is 0 Å². The summed E-state index contributed by atoms with van der Waals surface area (Å²) in [5.41, 5.74) is 6.75. The van der Waals surface area contributed by atoms with Crippen LogP contribution in [0.1, 0.15) is 5.56 Å². The van der Waals surface area contributed by atoms with E-state index in [1.165, 1.54) is 10.5 Å². The summed E-state index contributed by atoms with van der Waals surface area (Å²) in [6.45, 7) is 2.08. The first-order valence-electron chi connectivity index (χ1n) is 4.58. The molecule has 0 atom stereocenters. The van der Waals surface area contributed by atoms with Gasteiger partial charge in [-0.2, -0.15) is 0 Å². The van der Waals surface area contributed by atoms with E-state index >= 15 is 0 Å². The topological polar surface area (TPSA) is 51.8 Å². The van der Waals surface area contributed by atoms with Crippen molar-refractivity contribution in [1.29, 1.82) is 0 Å². The van der Waals surface area contributed by atoms with E-state index in [1.54, 1.807) is 18.0 Å². The highest BCUT2D eigenvalue weighted by molar-refractivity contribution is 7.99. The number of anilines is 1. The van der Waals surface area contributed by atoms with Crippen LogP contribution >= 0.6 is 11.8 Å². The molecule has 2 aromatic rings. The van der Waals surface area contributed by atoms with Gasteiger partial charge in [0.1, 0.15) is 5.03 Å². The summed E-state index contributed by atoms with van der Waals surface area (Å²) < 4.78 is 0. The Bertz CT molecular complexity index is 471. The van der Waals surface area contributed by atoms with Gasteiger partial charge in [0.25, 0.3) is 0 Å². The maximum absolute atomic E-state index is 5.51. The molecule has 0 radical (unpaired) electrons. The molecule has 0 unspecified atom stereocenters. The largest absolute Gasteiger partial charge is 0.368 e. The zero-order valence-electron chi connectivity index (χ0n) is 8.34. The molecular weight excluding hydrogens is 206 g/mol. The fourth-order valence-corrected chi connectivity index (χ4v) is 2.07. The van der Waals surface area contributed by atoms with Gasteiger partial charge in [-0.3, -0.25) is 0 Å². The summed E-state index contributed by atoms with van der Waals surface area (Å²) in [6, 6.07) is 10.0. The average molecular weight is 217 g/mol. The SMILES string of the molecule is Cc1ccccc1Sc1ccnc(N)n1. The van der Waals surface area contributed by atoms with Crippen LogP contribution in [0.5, 0.6) is 0 Å². The number of nitrogens with zero attached hydrogens (tertiary/aromatic N) is 2. The zero-order valence-corrected chi connectivity index (χ0v) is 9.16. The number of hydrogen-bond donors (Lipinski definition) is 1. The Morgan fingerprint density at radius 1 is 1.20 bits per heavy atom. The molecule has 15 heavy (non-hydrogen) atoms. The lowest BCUT2D eigenvalue weighted by atomic mass is 10.2. The monoisotopic (exact) mass is 217 g/mol. The Morgan fingerprint density at radius 3 is 2.73 bits per heavy atom. The molecular formula is C11H11N3S. The average Bonchev–Trinajstić information content (AvgIpc) is 2.22. The number of rotatable bonds is 2. The number of aromatic nitrogens is 2. The van der Waals surface area contributed by atoms with E-state index in [0.717, 1.165) is 5.03 Å². The third-order valence-electron chi connectivity index (χ3n) is 1.96. The first kappa shape index (κ1) is 9.98. The second-order valence-corrected chi connectivity index (χ2v) is 4.18. The van der Waals surface area contributed by atoms with Crippen molar-refractivity contribution in [1.82, 2.24) is 9.97 Å². The standard InChI is InChI=1S/C11H11N3S/c1-8-4-2-3-5-9(8)15-10-6-7-13-11(12)14-10/h2-7H,1H3,(H2,12,13,14). The summed E-state index contributed by atoms with van der Waals surface area (Å²) in [7, 11) is 0. The Labute approximate surface area is 92.8 Å². The minimum Gasteiger partial charge on any atom is -0.368 e. The highest BCUT2D eigenvalue weighted by Crippen LogP contribution is 2.28. The number of nitrogen functional groups attached to an aromatic ring is 1. The molecule has 0 bridgehead atoms. The van der Waals surface area contributed by atoms with Gasteiger partial charge in [0.2, 0.25) is 5.95 Å². The van der Waals surface area contributed by atoms with Crippen LogP contribution < -0.4 is 5.73 Å². The number of hydrogen-bond acceptors (Lipinski definition) is 4. The van der Waals surface area contributed by atoms with Crippen molar-refractivity contribution in [2.45, 2.75) is 16.8 Å². The summed E-state index contributed by atoms with van der Waals surface area (Å²) in [6.07, 6.45) is 1.67. The van der Waals surface area contributed by atoms with Crippen LogP contribution in [0.4, 0.5) is 5.95 Å². The molecule has 0 aliphatic heterocycles. The molecule has 0 saturated heterocycles. The predicted molar refractivity (Wildman–Crippen MR) is 61.7 cm³/mol. The van der Waals surface area contributed by atoms with Gasteiger partial charge < -0.3 is 5.73 Å². The Hall–Kier alpha value is -1.55. The first-order chi connectivity index (χ1) is 7.25. The molecule has 0 fully saturated rings. The summed E-state index contributed by atoms with van der Waals surface area (Å²) in [5, 5.41) is 0.872. The minimum absolute atomic E-state index is 0.314. The van der Waals surface area contributed by atoms with Crippen molar-refractivity contribution in [3.63, 3.8) is 0 Å². The maximum Gasteiger partial charge on any atom is 0.221 e. The van der Waals surface area contributed by atoms with Crippen LogP contribution in [0.15, 0.2) is 46.5 Å². The third kappa shape index (κ3) is 2.47. The maximum atomic E-state index is 5.51. The lowest BCUT2D eigenvalue weighted by molar-refractivity contribution is 1.06. The van der Waals surface area contributed by atoms with Crippen molar-refractivity contribution in [2.75, 3.05) is 5.73 Å².